The van der Waals surface area contributed by atoms with Gasteiger partial charge in [0.25, 0.3) is 5.91 Å². The maximum atomic E-state index is 12.1. The van der Waals surface area contributed by atoms with Crippen LogP contribution in [0.3, 0.4) is 0 Å². The summed E-state index contributed by atoms with van der Waals surface area (Å²) in [6.45, 7) is 0. The van der Waals surface area contributed by atoms with Crippen LogP contribution in [0.2, 0.25) is 0 Å². The summed E-state index contributed by atoms with van der Waals surface area (Å²) in [5, 5.41) is 12.4. The van der Waals surface area contributed by atoms with E-state index in [2.05, 4.69) is 5.32 Å². The number of ether oxygens (including phenoxy) is 2. The lowest BCUT2D eigenvalue weighted by molar-refractivity contribution is 0.102. The summed E-state index contributed by atoms with van der Waals surface area (Å²) in [5.41, 5.74) is 0.664. The number of carbonyl (C=O) groups is 1. The van der Waals surface area contributed by atoms with Gasteiger partial charge in [-0.05, 0) is 24.3 Å². The van der Waals surface area contributed by atoms with Gasteiger partial charge in [-0.2, -0.15) is 0 Å². The van der Waals surface area contributed by atoms with Gasteiger partial charge in [0.15, 0.2) is 0 Å². The van der Waals surface area contributed by atoms with E-state index in [1.807, 2.05) is 0 Å². The minimum Gasteiger partial charge on any atom is -0.507 e. The van der Waals surface area contributed by atoms with E-state index in [4.69, 9.17) is 9.47 Å². The summed E-state index contributed by atoms with van der Waals surface area (Å²) < 4.78 is 10.3. The first kappa shape index (κ1) is 13.7. The molecule has 0 saturated heterocycles. The molecule has 20 heavy (non-hydrogen) atoms. The Hall–Kier alpha value is -2.69. The Morgan fingerprint density at radius 1 is 1.10 bits per heavy atom. The standard InChI is InChI=1S/C15H15NO4/c1-19-10-7-8-14(20-2)12(9-10)16-15(18)11-5-3-4-6-13(11)17/h3-9,17H,1-2H3,(H,16,18). The molecule has 0 aromatic heterocycles. The van der Waals surface area contributed by atoms with E-state index in [0.717, 1.165) is 0 Å². The smallest absolute Gasteiger partial charge is 0.259 e. The summed E-state index contributed by atoms with van der Waals surface area (Å²) in [7, 11) is 3.05. The van der Waals surface area contributed by atoms with Crippen molar-refractivity contribution in [2.75, 3.05) is 19.5 Å². The number of hydrogen-bond donors (Lipinski definition) is 2. The second kappa shape index (κ2) is 5.97. The zero-order valence-corrected chi connectivity index (χ0v) is 11.2. The molecule has 0 atom stereocenters. The van der Waals surface area contributed by atoms with Crippen LogP contribution in [0.25, 0.3) is 0 Å². The number of hydrogen-bond acceptors (Lipinski definition) is 4. The Morgan fingerprint density at radius 2 is 1.85 bits per heavy atom. The number of benzene rings is 2. The zero-order chi connectivity index (χ0) is 14.5. The molecule has 0 bridgehead atoms. The second-order valence-electron chi connectivity index (χ2n) is 4.04. The van der Waals surface area contributed by atoms with Gasteiger partial charge in [-0.3, -0.25) is 4.79 Å². The monoisotopic (exact) mass is 273 g/mol. The molecule has 0 heterocycles. The Kier molecular flexibility index (Phi) is 4.10. The number of amides is 1. The fraction of sp³-hybridized carbons (Fsp3) is 0.133. The van der Waals surface area contributed by atoms with Crippen molar-refractivity contribution < 1.29 is 19.4 Å². The SMILES string of the molecule is COc1ccc(OC)c(NC(=O)c2ccccc2O)c1. The Bertz CT molecular complexity index is 625. The van der Waals surface area contributed by atoms with Crippen LogP contribution in [0.15, 0.2) is 42.5 Å². The topological polar surface area (TPSA) is 67.8 Å². The fourth-order valence-corrected chi connectivity index (χ4v) is 1.77. The third-order valence-corrected chi connectivity index (χ3v) is 2.80. The lowest BCUT2D eigenvalue weighted by Gasteiger charge is -2.12. The molecule has 5 nitrogen and oxygen atoms in total. The van der Waals surface area contributed by atoms with Crippen molar-refractivity contribution in [1.82, 2.24) is 0 Å². The van der Waals surface area contributed by atoms with Crippen LogP contribution >= 0.6 is 0 Å². The van der Waals surface area contributed by atoms with Crippen molar-refractivity contribution in [2.24, 2.45) is 0 Å². The van der Waals surface area contributed by atoms with Crippen molar-refractivity contribution in [1.29, 1.82) is 0 Å². The second-order valence-corrected chi connectivity index (χ2v) is 4.04. The Morgan fingerprint density at radius 3 is 2.50 bits per heavy atom. The summed E-state index contributed by atoms with van der Waals surface area (Å²) in [4.78, 5) is 12.1. The molecule has 0 unspecified atom stereocenters. The van der Waals surface area contributed by atoms with E-state index < -0.39 is 5.91 Å². The highest BCUT2D eigenvalue weighted by atomic mass is 16.5. The highest BCUT2D eigenvalue weighted by Gasteiger charge is 2.13. The van der Waals surface area contributed by atoms with Crippen LogP contribution in [0.5, 0.6) is 17.2 Å². The predicted octanol–water partition coefficient (Wildman–Crippen LogP) is 2.66. The van der Waals surface area contributed by atoms with Gasteiger partial charge in [0.2, 0.25) is 0 Å². The summed E-state index contributed by atoms with van der Waals surface area (Å²) in [5.74, 6) is 0.606. The van der Waals surface area contributed by atoms with Crippen LogP contribution in [0.4, 0.5) is 5.69 Å². The number of rotatable bonds is 4. The van der Waals surface area contributed by atoms with E-state index in [1.165, 1.54) is 26.4 Å². The molecule has 0 aliphatic rings. The fourth-order valence-electron chi connectivity index (χ4n) is 1.77. The highest BCUT2D eigenvalue weighted by molar-refractivity contribution is 6.06. The normalized spacial score (nSPS) is 9.90. The molecule has 1 amide bonds. The molecule has 2 aromatic rings. The number of anilines is 1. The number of aromatic hydroxyl groups is 1. The van der Waals surface area contributed by atoms with Crippen LogP contribution < -0.4 is 14.8 Å². The molecule has 2 aromatic carbocycles. The molecule has 0 saturated carbocycles. The summed E-state index contributed by atoms with van der Waals surface area (Å²) in [6, 6.07) is 11.4. The summed E-state index contributed by atoms with van der Waals surface area (Å²) >= 11 is 0. The number of para-hydroxylation sites is 1. The maximum Gasteiger partial charge on any atom is 0.259 e. The highest BCUT2D eigenvalue weighted by Crippen LogP contribution is 2.29. The minimum atomic E-state index is -0.422. The van der Waals surface area contributed by atoms with E-state index in [9.17, 15) is 9.90 Å². The average molecular weight is 273 g/mol. The van der Waals surface area contributed by atoms with Crippen LogP contribution in [0, 0.1) is 0 Å². The molecule has 0 spiro atoms. The van der Waals surface area contributed by atoms with Crippen molar-refractivity contribution in [3.63, 3.8) is 0 Å². The van der Waals surface area contributed by atoms with Crippen molar-refractivity contribution in [3.05, 3.63) is 48.0 Å². The average Bonchev–Trinajstić information content (AvgIpc) is 2.47. The quantitative estimate of drug-likeness (QED) is 0.898. The van der Waals surface area contributed by atoms with Gasteiger partial charge in [-0.25, -0.2) is 0 Å². The van der Waals surface area contributed by atoms with E-state index in [0.29, 0.717) is 17.2 Å². The first-order valence-electron chi connectivity index (χ1n) is 5.97. The van der Waals surface area contributed by atoms with E-state index in [-0.39, 0.29) is 11.3 Å². The van der Waals surface area contributed by atoms with Gasteiger partial charge in [0, 0.05) is 6.07 Å². The summed E-state index contributed by atoms with van der Waals surface area (Å²) in [6.07, 6.45) is 0. The molecule has 0 aliphatic heterocycles. The van der Waals surface area contributed by atoms with E-state index in [1.54, 1.807) is 30.3 Å². The maximum absolute atomic E-state index is 12.1. The molecule has 0 fully saturated rings. The van der Waals surface area contributed by atoms with Crippen LogP contribution in [-0.2, 0) is 0 Å². The van der Waals surface area contributed by atoms with Gasteiger partial charge in [-0.15, -0.1) is 0 Å². The van der Waals surface area contributed by atoms with Crippen molar-refractivity contribution in [3.8, 4) is 17.2 Å². The lowest BCUT2D eigenvalue weighted by atomic mass is 10.2. The number of nitrogens with one attached hydrogen (secondary N) is 1. The molecule has 104 valence electrons. The third kappa shape index (κ3) is 2.83. The predicted molar refractivity (Wildman–Crippen MR) is 75.6 cm³/mol. The number of phenolic OH excluding ortho intramolecular Hbond substituents is 1. The van der Waals surface area contributed by atoms with Crippen molar-refractivity contribution in [2.45, 2.75) is 0 Å². The molecule has 0 aliphatic carbocycles. The largest absolute Gasteiger partial charge is 0.507 e. The van der Waals surface area contributed by atoms with Gasteiger partial charge in [0.1, 0.15) is 17.2 Å². The van der Waals surface area contributed by atoms with Crippen LogP contribution in [0.1, 0.15) is 10.4 Å². The number of phenols is 1. The molecular weight excluding hydrogens is 258 g/mol. The molecule has 5 heteroatoms. The van der Waals surface area contributed by atoms with Gasteiger partial charge < -0.3 is 19.9 Å². The molecule has 0 radical (unpaired) electrons. The molecule has 2 N–H and O–H groups in total. The first-order chi connectivity index (χ1) is 9.65. The van der Waals surface area contributed by atoms with E-state index >= 15 is 0 Å². The Labute approximate surface area is 116 Å². The third-order valence-electron chi connectivity index (χ3n) is 2.80. The zero-order valence-electron chi connectivity index (χ0n) is 11.2. The van der Waals surface area contributed by atoms with Gasteiger partial charge in [-0.1, -0.05) is 12.1 Å². The molecular formula is C15H15NO4. The number of carbonyl (C=O) groups excluding carboxylic acids is 1. The first-order valence-corrected chi connectivity index (χ1v) is 5.97. The lowest BCUT2D eigenvalue weighted by Crippen LogP contribution is -2.12. The number of methoxy groups -OCH3 is 2. The molecule has 2 rings (SSSR count). The minimum absolute atomic E-state index is 0.0770. The van der Waals surface area contributed by atoms with Gasteiger partial charge >= 0.3 is 0 Å². The van der Waals surface area contributed by atoms with Gasteiger partial charge in [0.05, 0.1) is 25.5 Å². The Balaban J connectivity index is 2.29. The van der Waals surface area contributed by atoms with Crippen LogP contribution in [-0.4, -0.2) is 25.2 Å². The van der Waals surface area contributed by atoms with Crippen molar-refractivity contribution >= 4 is 11.6 Å².